The maximum Gasteiger partial charge on any atom is 0.337 e. The van der Waals surface area contributed by atoms with Crippen molar-refractivity contribution < 1.29 is 9.90 Å². The third-order valence-corrected chi connectivity index (χ3v) is 5.14. The molecule has 0 aliphatic heterocycles. The summed E-state index contributed by atoms with van der Waals surface area (Å²) in [6, 6.07) is 8.32. The summed E-state index contributed by atoms with van der Waals surface area (Å²) in [5.41, 5.74) is 3.31. The number of pyridine rings is 1. The lowest BCUT2D eigenvalue weighted by Gasteiger charge is -2.06. The van der Waals surface area contributed by atoms with Gasteiger partial charge in [0.1, 0.15) is 5.65 Å². The standard InChI is InChI=1S/C19H12Cl2N2O3/c20-14-5-1-10(8-15(14)21)7-11-2-4-13-17(11)22-16-6-3-12(19(25)26)9-23(16)18(13)24/h1,3,5-9H,2,4H2,(H,25,26)/b11-7-. The van der Waals surface area contributed by atoms with Gasteiger partial charge in [0.2, 0.25) is 0 Å². The topological polar surface area (TPSA) is 71.7 Å². The van der Waals surface area contributed by atoms with Crippen molar-refractivity contribution in [3.05, 3.63) is 79.3 Å². The monoisotopic (exact) mass is 386 g/mol. The molecule has 0 radical (unpaired) electrons. The molecular weight excluding hydrogens is 375 g/mol. The molecule has 0 fully saturated rings. The Morgan fingerprint density at radius 1 is 1.15 bits per heavy atom. The van der Waals surface area contributed by atoms with Gasteiger partial charge in [0.25, 0.3) is 5.56 Å². The molecule has 0 spiro atoms. The molecule has 5 nitrogen and oxygen atoms in total. The number of hydrogen-bond donors (Lipinski definition) is 1. The van der Waals surface area contributed by atoms with Crippen LogP contribution in [0.2, 0.25) is 10.0 Å². The van der Waals surface area contributed by atoms with Gasteiger partial charge in [0.05, 0.1) is 21.3 Å². The van der Waals surface area contributed by atoms with Gasteiger partial charge in [-0.2, -0.15) is 0 Å². The summed E-state index contributed by atoms with van der Waals surface area (Å²) in [6.45, 7) is 0. The van der Waals surface area contributed by atoms with E-state index in [2.05, 4.69) is 4.98 Å². The number of allylic oxidation sites excluding steroid dienone is 1. The first-order chi connectivity index (χ1) is 12.4. The van der Waals surface area contributed by atoms with E-state index < -0.39 is 5.97 Å². The summed E-state index contributed by atoms with van der Waals surface area (Å²) in [4.78, 5) is 28.5. The minimum absolute atomic E-state index is 0.0471. The second kappa shape index (κ2) is 6.27. The van der Waals surface area contributed by atoms with E-state index in [0.29, 0.717) is 39.8 Å². The molecule has 0 unspecified atom stereocenters. The number of fused-ring (bicyclic) bond motifs is 2. The van der Waals surface area contributed by atoms with Crippen LogP contribution in [0.25, 0.3) is 17.3 Å². The van der Waals surface area contributed by atoms with Gasteiger partial charge in [-0.15, -0.1) is 0 Å². The van der Waals surface area contributed by atoms with Crippen molar-refractivity contribution in [1.82, 2.24) is 9.38 Å². The zero-order chi connectivity index (χ0) is 18.4. The highest BCUT2D eigenvalue weighted by molar-refractivity contribution is 6.42. The van der Waals surface area contributed by atoms with Crippen LogP contribution in [0.1, 0.15) is 33.6 Å². The highest BCUT2D eigenvalue weighted by Gasteiger charge is 2.23. The Balaban J connectivity index is 1.86. The molecule has 130 valence electrons. The van der Waals surface area contributed by atoms with E-state index in [1.54, 1.807) is 18.2 Å². The van der Waals surface area contributed by atoms with E-state index in [-0.39, 0.29) is 11.1 Å². The molecule has 0 atom stereocenters. The molecule has 4 rings (SSSR count). The fraction of sp³-hybridized carbons (Fsp3) is 0.105. The van der Waals surface area contributed by atoms with Crippen LogP contribution < -0.4 is 5.56 Å². The number of carbonyl (C=O) groups is 1. The van der Waals surface area contributed by atoms with Crippen molar-refractivity contribution >= 4 is 46.5 Å². The maximum absolute atomic E-state index is 12.8. The Kier molecular flexibility index (Phi) is 4.05. The first-order valence-corrected chi connectivity index (χ1v) is 8.64. The number of halogens is 2. The average molecular weight is 387 g/mol. The van der Waals surface area contributed by atoms with Gasteiger partial charge in [0.15, 0.2) is 0 Å². The third-order valence-electron chi connectivity index (χ3n) is 4.40. The first kappa shape index (κ1) is 16.8. The van der Waals surface area contributed by atoms with Gasteiger partial charge in [-0.25, -0.2) is 9.78 Å². The van der Waals surface area contributed by atoms with Crippen LogP contribution in [-0.4, -0.2) is 20.5 Å². The molecule has 1 aromatic carbocycles. The minimum Gasteiger partial charge on any atom is -0.478 e. The molecule has 0 saturated carbocycles. The highest BCUT2D eigenvalue weighted by atomic mass is 35.5. The smallest absolute Gasteiger partial charge is 0.337 e. The number of aromatic nitrogens is 2. The van der Waals surface area contributed by atoms with E-state index in [1.165, 1.54) is 16.7 Å². The number of carboxylic acid groups (broad SMARTS) is 1. The summed E-state index contributed by atoms with van der Waals surface area (Å²) in [5.74, 6) is -1.08. The SMILES string of the molecule is O=C(O)c1ccc2nc3c(c(=O)n2c1)CC/C3=C/c1ccc(Cl)c(Cl)c1. The van der Waals surface area contributed by atoms with Gasteiger partial charge in [-0.05, 0) is 54.3 Å². The fourth-order valence-electron chi connectivity index (χ4n) is 3.11. The molecule has 3 aromatic rings. The van der Waals surface area contributed by atoms with Gasteiger partial charge < -0.3 is 5.11 Å². The molecular formula is C19H12Cl2N2O3. The Morgan fingerprint density at radius 2 is 1.96 bits per heavy atom. The highest BCUT2D eigenvalue weighted by Crippen LogP contribution is 2.32. The van der Waals surface area contributed by atoms with Crippen molar-refractivity contribution in [3.8, 4) is 0 Å². The summed E-state index contributed by atoms with van der Waals surface area (Å²) < 4.78 is 1.30. The molecule has 7 heteroatoms. The van der Waals surface area contributed by atoms with Crippen molar-refractivity contribution in [2.45, 2.75) is 12.8 Å². The lowest BCUT2D eigenvalue weighted by Crippen LogP contribution is -2.20. The number of carboxylic acids is 1. The third kappa shape index (κ3) is 2.79. The Hall–Kier alpha value is -2.63. The first-order valence-electron chi connectivity index (χ1n) is 7.88. The van der Waals surface area contributed by atoms with Gasteiger partial charge >= 0.3 is 5.97 Å². The summed E-state index contributed by atoms with van der Waals surface area (Å²) in [6.07, 6.45) is 4.51. The normalized spacial score (nSPS) is 14.8. The van der Waals surface area contributed by atoms with Crippen molar-refractivity contribution in [3.63, 3.8) is 0 Å². The maximum atomic E-state index is 12.8. The average Bonchev–Trinajstić information content (AvgIpc) is 3.01. The Labute approximate surface area is 158 Å². The number of benzene rings is 1. The minimum atomic E-state index is -1.08. The van der Waals surface area contributed by atoms with E-state index in [0.717, 1.165) is 11.1 Å². The Morgan fingerprint density at radius 3 is 2.69 bits per heavy atom. The second-order valence-electron chi connectivity index (χ2n) is 6.04. The van der Waals surface area contributed by atoms with Gasteiger partial charge in [-0.3, -0.25) is 9.20 Å². The van der Waals surface area contributed by atoms with Crippen LogP contribution in [0.15, 0.2) is 41.3 Å². The largest absolute Gasteiger partial charge is 0.478 e. The van der Waals surface area contributed by atoms with Crippen LogP contribution in [0.4, 0.5) is 0 Å². The van der Waals surface area contributed by atoms with Crippen LogP contribution in [0.3, 0.4) is 0 Å². The predicted octanol–water partition coefficient (Wildman–Crippen LogP) is 4.19. The summed E-state index contributed by atoms with van der Waals surface area (Å²) in [5, 5.41) is 10.1. The Bertz CT molecular complexity index is 1170. The summed E-state index contributed by atoms with van der Waals surface area (Å²) in [7, 11) is 0. The van der Waals surface area contributed by atoms with Gasteiger partial charge in [-0.1, -0.05) is 29.3 Å². The lowest BCUT2D eigenvalue weighted by molar-refractivity contribution is 0.0696. The molecule has 1 aliphatic carbocycles. The molecule has 1 aliphatic rings. The zero-order valence-electron chi connectivity index (χ0n) is 13.4. The van der Waals surface area contributed by atoms with Crippen molar-refractivity contribution in [2.75, 3.05) is 0 Å². The van der Waals surface area contributed by atoms with E-state index >= 15 is 0 Å². The number of nitrogens with zero attached hydrogens (tertiary/aromatic N) is 2. The van der Waals surface area contributed by atoms with Crippen LogP contribution >= 0.6 is 23.2 Å². The fourth-order valence-corrected chi connectivity index (χ4v) is 3.42. The van der Waals surface area contributed by atoms with Crippen LogP contribution in [0.5, 0.6) is 0 Å². The van der Waals surface area contributed by atoms with Crippen LogP contribution in [0, 0.1) is 0 Å². The zero-order valence-corrected chi connectivity index (χ0v) is 14.9. The van der Waals surface area contributed by atoms with Gasteiger partial charge in [0, 0.05) is 11.8 Å². The van der Waals surface area contributed by atoms with E-state index in [4.69, 9.17) is 28.3 Å². The molecule has 1 N–H and O–H groups in total. The number of aromatic carboxylic acids is 1. The molecule has 2 heterocycles. The molecule has 0 bridgehead atoms. The summed E-state index contributed by atoms with van der Waals surface area (Å²) >= 11 is 12.0. The quantitative estimate of drug-likeness (QED) is 0.716. The second-order valence-corrected chi connectivity index (χ2v) is 6.85. The van der Waals surface area contributed by atoms with Crippen molar-refractivity contribution in [2.24, 2.45) is 0 Å². The van der Waals surface area contributed by atoms with E-state index in [1.807, 2.05) is 12.1 Å². The number of rotatable bonds is 2. The molecule has 0 saturated heterocycles. The van der Waals surface area contributed by atoms with Crippen molar-refractivity contribution in [1.29, 1.82) is 0 Å². The lowest BCUT2D eigenvalue weighted by atomic mass is 10.1. The van der Waals surface area contributed by atoms with Crippen LogP contribution in [-0.2, 0) is 6.42 Å². The van der Waals surface area contributed by atoms with E-state index in [9.17, 15) is 9.59 Å². The number of hydrogen-bond acceptors (Lipinski definition) is 3. The molecule has 26 heavy (non-hydrogen) atoms. The molecule has 0 amide bonds. The predicted molar refractivity (Wildman–Crippen MR) is 101 cm³/mol. The molecule has 2 aromatic heterocycles.